The van der Waals surface area contributed by atoms with Crippen molar-refractivity contribution in [1.82, 2.24) is 0 Å². The lowest BCUT2D eigenvalue weighted by molar-refractivity contribution is 0.236. The van der Waals surface area contributed by atoms with Crippen molar-refractivity contribution < 1.29 is 4.43 Å². The van der Waals surface area contributed by atoms with Crippen molar-refractivity contribution in [3.8, 4) is 0 Å². The molecule has 76 valence electrons. The van der Waals surface area contributed by atoms with Crippen LogP contribution in [0.15, 0.2) is 11.8 Å². The summed E-state index contributed by atoms with van der Waals surface area (Å²) < 4.78 is 6.09. The molecule has 1 nitrogen and oxygen atoms in total. The Morgan fingerprint density at radius 1 is 1.31 bits per heavy atom. The maximum Gasteiger partial charge on any atom is 0.241 e. The first-order valence-electron chi connectivity index (χ1n) is 5.21. The van der Waals surface area contributed by atoms with Crippen molar-refractivity contribution in [2.45, 2.75) is 52.8 Å². The maximum atomic E-state index is 6.09. The van der Waals surface area contributed by atoms with Crippen LogP contribution in [0.1, 0.15) is 33.1 Å². The first kappa shape index (κ1) is 10.8. The molecule has 0 saturated carbocycles. The van der Waals surface area contributed by atoms with E-state index in [0.717, 1.165) is 0 Å². The van der Waals surface area contributed by atoms with Crippen LogP contribution >= 0.6 is 0 Å². The molecule has 1 aliphatic carbocycles. The van der Waals surface area contributed by atoms with Gasteiger partial charge in [-0.3, -0.25) is 0 Å². The Morgan fingerprint density at radius 2 is 1.92 bits per heavy atom. The van der Waals surface area contributed by atoms with E-state index in [4.69, 9.17) is 4.43 Å². The lowest BCUT2D eigenvalue weighted by atomic mass is 9.81. The zero-order chi connectivity index (χ0) is 10.1. The van der Waals surface area contributed by atoms with Gasteiger partial charge in [-0.25, -0.2) is 0 Å². The summed E-state index contributed by atoms with van der Waals surface area (Å²) in [7, 11) is -1.40. The summed E-state index contributed by atoms with van der Waals surface area (Å²) in [6.45, 7) is 11.3. The van der Waals surface area contributed by atoms with Gasteiger partial charge in [-0.2, -0.15) is 0 Å². The summed E-state index contributed by atoms with van der Waals surface area (Å²) >= 11 is 0. The van der Waals surface area contributed by atoms with Gasteiger partial charge in [0.25, 0.3) is 0 Å². The van der Waals surface area contributed by atoms with Gasteiger partial charge in [-0.1, -0.05) is 13.8 Å². The molecule has 0 bridgehead atoms. The second-order valence-electron chi connectivity index (χ2n) is 5.56. The minimum atomic E-state index is -1.40. The molecule has 1 rings (SSSR count). The predicted molar refractivity (Wildman–Crippen MR) is 60.1 cm³/mol. The van der Waals surface area contributed by atoms with E-state index in [1.54, 1.807) is 0 Å². The minimum absolute atomic E-state index is 0.276. The fourth-order valence-corrected chi connectivity index (χ4v) is 2.71. The van der Waals surface area contributed by atoms with E-state index in [9.17, 15) is 0 Å². The molecule has 0 aromatic rings. The quantitative estimate of drug-likeness (QED) is 0.611. The highest BCUT2D eigenvalue weighted by atomic mass is 28.4. The standard InChI is InChI=1S/C11H22OSi/c1-11(2)9-7-6-8-10(11)12-13(3,4)5/h8H,6-7,9H2,1-5H3. The summed E-state index contributed by atoms with van der Waals surface area (Å²) in [6.07, 6.45) is 6.07. The van der Waals surface area contributed by atoms with Gasteiger partial charge in [-0.15, -0.1) is 0 Å². The molecular weight excluding hydrogens is 176 g/mol. The lowest BCUT2D eigenvalue weighted by Crippen LogP contribution is -2.31. The van der Waals surface area contributed by atoms with Gasteiger partial charge in [0.15, 0.2) is 0 Å². The van der Waals surface area contributed by atoms with Gasteiger partial charge in [0, 0.05) is 5.41 Å². The van der Waals surface area contributed by atoms with E-state index in [-0.39, 0.29) is 5.41 Å². The molecule has 0 heterocycles. The predicted octanol–water partition coefficient (Wildman–Crippen LogP) is 3.93. The van der Waals surface area contributed by atoms with Crippen LogP contribution < -0.4 is 0 Å². The Bertz CT molecular complexity index is 211. The summed E-state index contributed by atoms with van der Waals surface area (Å²) in [4.78, 5) is 0. The molecule has 0 amide bonds. The highest BCUT2D eigenvalue weighted by Gasteiger charge is 2.30. The van der Waals surface area contributed by atoms with Crippen LogP contribution in [0.25, 0.3) is 0 Å². The molecule has 0 fully saturated rings. The van der Waals surface area contributed by atoms with Crippen LogP contribution in [0, 0.1) is 5.41 Å². The SMILES string of the molecule is CC1(C)CCCC=C1O[Si](C)(C)C. The van der Waals surface area contributed by atoms with Crippen LogP contribution in [0.5, 0.6) is 0 Å². The maximum absolute atomic E-state index is 6.09. The second kappa shape index (κ2) is 3.49. The average Bonchev–Trinajstić information content (AvgIpc) is 1.91. The molecule has 1 aliphatic rings. The number of hydrogen-bond acceptors (Lipinski definition) is 1. The Hall–Kier alpha value is -0.243. The zero-order valence-corrected chi connectivity index (χ0v) is 10.6. The van der Waals surface area contributed by atoms with Gasteiger partial charge in [-0.05, 0) is 45.0 Å². The summed E-state index contributed by atoms with van der Waals surface area (Å²) in [6, 6.07) is 0. The van der Waals surface area contributed by atoms with Crippen LogP contribution in [0.4, 0.5) is 0 Å². The molecule has 2 heteroatoms. The fraction of sp³-hybridized carbons (Fsp3) is 0.818. The third kappa shape index (κ3) is 3.18. The highest BCUT2D eigenvalue weighted by molar-refractivity contribution is 6.70. The number of hydrogen-bond donors (Lipinski definition) is 0. The second-order valence-corrected chi connectivity index (χ2v) is 9.99. The molecule has 0 aromatic carbocycles. The number of rotatable bonds is 2. The van der Waals surface area contributed by atoms with E-state index in [1.165, 1.54) is 25.0 Å². The van der Waals surface area contributed by atoms with Crippen LogP contribution in [-0.4, -0.2) is 8.32 Å². The molecule has 0 unspecified atom stereocenters. The van der Waals surface area contributed by atoms with Crippen molar-refractivity contribution in [2.24, 2.45) is 5.41 Å². The average molecular weight is 198 g/mol. The van der Waals surface area contributed by atoms with Crippen molar-refractivity contribution in [2.75, 3.05) is 0 Å². The molecular formula is C11H22OSi. The monoisotopic (exact) mass is 198 g/mol. The summed E-state index contributed by atoms with van der Waals surface area (Å²) in [5.41, 5.74) is 0.276. The summed E-state index contributed by atoms with van der Waals surface area (Å²) in [5.74, 6) is 1.25. The Morgan fingerprint density at radius 3 is 2.38 bits per heavy atom. The Labute approximate surface area is 83.3 Å². The van der Waals surface area contributed by atoms with Crippen LogP contribution in [0.2, 0.25) is 19.6 Å². The molecule has 0 spiro atoms. The topological polar surface area (TPSA) is 9.23 Å². The molecule has 0 aliphatic heterocycles. The third-order valence-electron chi connectivity index (χ3n) is 2.42. The first-order valence-corrected chi connectivity index (χ1v) is 8.62. The molecule has 0 aromatic heterocycles. The minimum Gasteiger partial charge on any atom is -0.547 e. The normalized spacial score (nSPS) is 22.4. The van der Waals surface area contributed by atoms with Crippen molar-refractivity contribution in [3.63, 3.8) is 0 Å². The lowest BCUT2D eigenvalue weighted by Gasteiger charge is -2.35. The van der Waals surface area contributed by atoms with Gasteiger partial charge in [0.05, 0.1) is 5.76 Å². The molecule has 0 N–H and O–H groups in total. The Kier molecular flexibility index (Phi) is 2.90. The fourth-order valence-electron chi connectivity index (χ4n) is 1.69. The molecule has 0 saturated heterocycles. The Balaban J connectivity index is 2.72. The van der Waals surface area contributed by atoms with Crippen LogP contribution in [0.3, 0.4) is 0 Å². The van der Waals surface area contributed by atoms with Gasteiger partial charge in [0.2, 0.25) is 8.32 Å². The van der Waals surface area contributed by atoms with Crippen LogP contribution in [-0.2, 0) is 4.43 Å². The van der Waals surface area contributed by atoms with Gasteiger partial charge < -0.3 is 4.43 Å². The smallest absolute Gasteiger partial charge is 0.241 e. The first-order chi connectivity index (χ1) is 5.81. The van der Waals surface area contributed by atoms with E-state index < -0.39 is 8.32 Å². The van der Waals surface area contributed by atoms with E-state index in [2.05, 4.69) is 39.6 Å². The van der Waals surface area contributed by atoms with Crippen molar-refractivity contribution in [1.29, 1.82) is 0 Å². The van der Waals surface area contributed by atoms with Gasteiger partial charge >= 0.3 is 0 Å². The summed E-state index contributed by atoms with van der Waals surface area (Å²) in [5, 5.41) is 0. The molecule has 0 radical (unpaired) electrons. The highest BCUT2D eigenvalue weighted by Crippen LogP contribution is 2.38. The molecule has 0 atom stereocenters. The van der Waals surface area contributed by atoms with Crippen molar-refractivity contribution >= 4 is 8.32 Å². The number of allylic oxidation sites excluding steroid dienone is 2. The van der Waals surface area contributed by atoms with E-state index >= 15 is 0 Å². The zero-order valence-electron chi connectivity index (χ0n) is 9.61. The van der Waals surface area contributed by atoms with E-state index in [1.807, 2.05) is 0 Å². The van der Waals surface area contributed by atoms with E-state index in [0.29, 0.717) is 0 Å². The largest absolute Gasteiger partial charge is 0.547 e. The third-order valence-corrected chi connectivity index (χ3v) is 3.25. The molecule has 13 heavy (non-hydrogen) atoms. The van der Waals surface area contributed by atoms with Gasteiger partial charge in [0.1, 0.15) is 0 Å². The van der Waals surface area contributed by atoms with Crippen molar-refractivity contribution in [3.05, 3.63) is 11.8 Å².